The number of nitrogens with two attached hydrogens (primary N) is 1. The largest absolute Gasteiger partial charge is 0.394 e. The molecule has 0 bridgehead atoms. The summed E-state index contributed by atoms with van der Waals surface area (Å²) < 4.78 is 5.26. The monoisotopic (exact) mass is 252 g/mol. The minimum Gasteiger partial charge on any atom is -0.394 e. The van der Waals surface area contributed by atoms with Crippen LogP contribution in [0, 0.1) is 5.92 Å². The molecule has 1 aliphatic rings. The summed E-state index contributed by atoms with van der Waals surface area (Å²) >= 11 is 0. The second-order valence-corrected chi connectivity index (χ2v) is 4.23. The fraction of sp³-hybridized carbons (Fsp3) is 0.900. The van der Waals surface area contributed by atoms with E-state index in [2.05, 4.69) is 0 Å². The van der Waals surface area contributed by atoms with E-state index in [1.165, 1.54) is 0 Å². The van der Waals surface area contributed by atoms with Crippen molar-refractivity contribution in [1.29, 1.82) is 0 Å². The summed E-state index contributed by atoms with van der Waals surface area (Å²) in [5.74, 6) is 0.0830. The van der Waals surface area contributed by atoms with Crippen LogP contribution in [0.25, 0.3) is 0 Å². The van der Waals surface area contributed by atoms with E-state index in [0.29, 0.717) is 19.7 Å². The Morgan fingerprint density at radius 1 is 1.62 bits per heavy atom. The first-order valence-electron chi connectivity index (χ1n) is 5.33. The Kier molecular flexibility index (Phi) is 6.90. The summed E-state index contributed by atoms with van der Waals surface area (Å²) in [6.45, 7) is 5.27. The van der Waals surface area contributed by atoms with E-state index in [-0.39, 0.29) is 36.9 Å². The molecular formula is C10H21ClN2O3. The van der Waals surface area contributed by atoms with E-state index in [9.17, 15) is 4.79 Å². The molecule has 1 heterocycles. The molecule has 0 aromatic rings. The lowest BCUT2D eigenvalue weighted by atomic mass is 10.0. The van der Waals surface area contributed by atoms with Crippen molar-refractivity contribution >= 4 is 18.3 Å². The summed E-state index contributed by atoms with van der Waals surface area (Å²) in [6, 6.07) is -0.456. The standard InChI is InChI=1S/C10H20N2O3.ClH/c1-7(2)9(11)10(14)12-3-4-15-8(5-12)6-13;/h7-9,13H,3-6,11H2,1-2H3;1H. The molecule has 0 aromatic heterocycles. The second-order valence-electron chi connectivity index (χ2n) is 4.23. The predicted octanol–water partition coefficient (Wildman–Crippen LogP) is -0.389. The number of ether oxygens (including phenoxy) is 1. The number of hydrogen-bond acceptors (Lipinski definition) is 4. The lowest BCUT2D eigenvalue weighted by molar-refractivity contribution is -0.142. The molecule has 96 valence electrons. The Labute approximate surface area is 102 Å². The molecule has 0 radical (unpaired) electrons. The Balaban J connectivity index is 0.00000225. The SMILES string of the molecule is CC(C)C(N)C(=O)N1CCOC(CO)C1.Cl. The zero-order chi connectivity index (χ0) is 11.4. The van der Waals surface area contributed by atoms with Crippen molar-refractivity contribution in [3.8, 4) is 0 Å². The molecule has 1 fully saturated rings. The van der Waals surface area contributed by atoms with Crippen LogP contribution in [0.3, 0.4) is 0 Å². The number of aliphatic hydroxyl groups excluding tert-OH is 1. The van der Waals surface area contributed by atoms with Gasteiger partial charge >= 0.3 is 0 Å². The van der Waals surface area contributed by atoms with Crippen LogP contribution in [0.2, 0.25) is 0 Å². The van der Waals surface area contributed by atoms with Gasteiger partial charge in [-0.25, -0.2) is 0 Å². The molecule has 3 N–H and O–H groups in total. The van der Waals surface area contributed by atoms with Gasteiger partial charge in [0.25, 0.3) is 0 Å². The summed E-state index contributed by atoms with van der Waals surface area (Å²) in [5.41, 5.74) is 5.78. The van der Waals surface area contributed by atoms with E-state index in [1.807, 2.05) is 13.8 Å². The number of halogens is 1. The number of carbonyl (C=O) groups is 1. The van der Waals surface area contributed by atoms with Gasteiger partial charge in [0.05, 0.1) is 25.4 Å². The summed E-state index contributed by atoms with van der Waals surface area (Å²) in [4.78, 5) is 13.5. The highest BCUT2D eigenvalue weighted by molar-refractivity contribution is 5.85. The fourth-order valence-corrected chi connectivity index (χ4v) is 1.53. The van der Waals surface area contributed by atoms with Crippen LogP contribution in [0.15, 0.2) is 0 Å². The van der Waals surface area contributed by atoms with Crippen molar-refractivity contribution in [2.45, 2.75) is 26.0 Å². The first kappa shape index (κ1) is 15.6. The average molecular weight is 253 g/mol. The lowest BCUT2D eigenvalue weighted by Crippen LogP contribution is -2.53. The molecule has 1 rings (SSSR count). The normalized spacial score (nSPS) is 22.8. The number of hydrogen-bond donors (Lipinski definition) is 2. The maximum Gasteiger partial charge on any atom is 0.239 e. The van der Waals surface area contributed by atoms with E-state index < -0.39 is 6.04 Å². The van der Waals surface area contributed by atoms with Gasteiger partial charge in [-0.15, -0.1) is 12.4 Å². The third-order valence-corrected chi connectivity index (χ3v) is 2.66. The minimum absolute atomic E-state index is 0. The number of morpholine rings is 1. The number of amides is 1. The summed E-state index contributed by atoms with van der Waals surface area (Å²) in [6.07, 6.45) is -0.262. The second kappa shape index (κ2) is 7.06. The van der Waals surface area contributed by atoms with Crippen LogP contribution < -0.4 is 5.73 Å². The van der Waals surface area contributed by atoms with Gasteiger partial charge < -0.3 is 20.5 Å². The molecule has 1 amide bonds. The van der Waals surface area contributed by atoms with Crippen molar-refractivity contribution in [2.24, 2.45) is 11.7 Å². The van der Waals surface area contributed by atoms with Crippen molar-refractivity contribution in [2.75, 3.05) is 26.3 Å². The Morgan fingerprint density at radius 2 is 2.25 bits per heavy atom. The molecule has 2 atom stereocenters. The fourth-order valence-electron chi connectivity index (χ4n) is 1.53. The zero-order valence-corrected chi connectivity index (χ0v) is 10.6. The molecule has 5 nitrogen and oxygen atoms in total. The van der Waals surface area contributed by atoms with E-state index >= 15 is 0 Å². The predicted molar refractivity (Wildman–Crippen MR) is 63.5 cm³/mol. The number of aliphatic hydroxyl groups is 1. The van der Waals surface area contributed by atoms with Gasteiger partial charge in [0.15, 0.2) is 0 Å². The molecule has 0 aromatic carbocycles. The smallest absolute Gasteiger partial charge is 0.239 e. The number of rotatable bonds is 3. The molecule has 2 unspecified atom stereocenters. The Morgan fingerprint density at radius 3 is 2.75 bits per heavy atom. The van der Waals surface area contributed by atoms with Crippen LogP contribution in [0.1, 0.15) is 13.8 Å². The molecule has 1 saturated heterocycles. The summed E-state index contributed by atoms with van der Waals surface area (Å²) in [7, 11) is 0. The van der Waals surface area contributed by atoms with Gasteiger partial charge in [-0.2, -0.15) is 0 Å². The number of carbonyl (C=O) groups excluding carboxylic acids is 1. The van der Waals surface area contributed by atoms with Gasteiger partial charge in [0, 0.05) is 13.1 Å². The van der Waals surface area contributed by atoms with Crippen LogP contribution in [-0.4, -0.2) is 54.4 Å². The zero-order valence-electron chi connectivity index (χ0n) is 9.76. The molecule has 0 aliphatic carbocycles. The topological polar surface area (TPSA) is 75.8 Å². The molecule has 0 spiro atoms. The van der Waals surface area contributed by atoms with Crippen molar-refractivity contribution < 1.29 is 14.6 Å². The van der Waals surface area contributed by atoms with E-state index in [1.54, 1.807) is 4.90 Å². The third-order valence-electron chi connectivity index (χ3n) is 2.66. The van der Waals surface area contributed by atoms with Crippen LogP contribution in [0.4, 0.5) is 0 Å². The van der Waals surface area contributed by atoms with Crippen LogP contribution in [-0.2, 0) is 9.53 Å². The molecule has 16 heavy (non-hydrogen) atoms. The first-order valence-corrected chi connectivity index (χ1v) is 5.33. The summed E-state index contributed by atoms with van der Waals surface area (Å²) in [5, 5.41) is 8.94. The third kappa shape index (κ3) is 3.90. The maximum absolute atomic E-state index is 11.9. The van der Waals surface area contributed by atoms with E-state index in [0.717, 1.165) is 0 Å². The molecule has 1 aliphatic heterocycles. The van der Waals surface area contributed by atoms with E-state index in [4.69, 9.17) is 15.6 Å². The van der Waals surface area contributed by atoms with Crippen molar-refractivity contribution in [3.05, 3.63) is 0 Å². The maximum atomic E-state index is 11.9. The average Bonchev–Trinajstić information content (AvgIpc) is 2.27. The quantitative estimate of drug-likeness (QED) is 0.718. The molecule has 0 saturated carbocycles. The van der Waals surface area contributed by atoms with Crippen molar-refractivity contribution in [3.63, 3.8) is 0 Å². The Hall–Kier alpha value is -0.360. The number of nitrogens with zero attached hydrogens (tertiary/aromatic N) is 1. The molecule has 6 heteroatoms. The van der Waals surface area contributed by atoms with Crippen LogP contribution >= 0.6 is 12.4 Å². The lowest BCUT2D eigenvalue weighted by Gasteiger charge is -2.34. The van der Waals surface area contributed by atoms with Gasteiger partial charge in [-0.1, -0.05) is 13.8 Å². The van der Waals surface area contributed by atoms with Crippen molar-refractivity contribution in [1.82, 2.24) is 4.90 Å². The minimum atomic E-state index is -0.456. The first-order chi connectivity index (χ1) is 7.06. The van der Waals surface area contributed by atoms with Gasteiger partial charge in [0.2, 0.25) is 5.91 Å². The van der Waals surface area contributed by atoms with Gasteiger partial charge in [-0.3, -0.25) is 4.79 Å². The highest BCUT2D eigenvalue weighted by atomic mass is 35.5. The highest BCUT2D eigenvalue weighted by Gasteiger charge is 2.28. The molecular weight excluding hydrogens is 232 g/mol. The van der Waals surface area contributed by atoms with Gasteiger partial charge in [0.1, 0.15) is 0 Å². The highest BCUT2D eigenvalue weighted by Crippen LogP contribution is 2.09. The van der Waals surface area contributed by atoms with Crippen LogP contribution in [0.5, 0.6) is 0 Å². The Bertz CT molecular complexity index is 226. The van der Waals surface area contributed by atoms with Gasteiger partial charge in [-0.05, 0) is 5.92 Å².